The number of rotatable bonds is 5. The van der Waals surface area contributed by atoms with Crippen LogP contribution in [0.2, 0.25) is 5.02 Å². The highest BCUT2D eigenvalue weighted by Gasteiger charge is 2.23. The quantitative estimate of drug-likeness (QED) is 0.822. The molecule has 1 saturated heterocycles. The van der Waals surface area contributed by atoms with E-state index in [-0.39, 0.29) is 23.8 Å². The molecule has 1 atom stereocenters. The molecule has 144 valence electrons. The van der Waals surface area contributed by atoms with Gasteiger partial charge in [0.05, 0.1) is 0 Å². The van der Waals surface area contributed by atoms with Crippen molar-refractivity contribution in [2.75, 3.05) is 18.8 Å². The Hall–Kier alpha value is -2.18. The predicted octanol–water partition coefficient (Wildman–Crippen LogP) is 3.23. The summed E-state index contributed by atoms with van der Waals surface area (Å²) in [7, 11) is 0. The van der Waals surface area contributed by atoms with Crippen LogP contribution in [0.25, 0.3) is 0 Å². The number of nitrogen functional groups attached to an aromatic ring is 1. The first-order valence-electron chi connectivity index (χ1n) is 9.33. The minimum Gasteiger partial charge on any atom is -0.368 e. The Bertz CT molecular complexity index is 793. The van der Waals surface area contributed by atoms with Gasteiger partial charge in [-0.3, -0.25) is 9.69 Å². The molecule has 27 heavy (non-hydrogen) atoms. The lowest BCUT2D eigenvalue weighted by molar-refractivity contribution is 0.0895. The van der Waals surface area contributed by atoms with Crippen molar-refractivity contribution in [1.82, 2.24) is 20.2 Å². The maximum absolute atomic E-state index is 12.7. The number of amides is 1. The van der Waals surface area contributed by atoms with Gasteiger partial charge in [-0.1, -0.05) is 37.6 Å². The Morgan fingerprint density at radius 2 is 2.07 bits per heavy atom. The Morgan fingerprint density at radius 1 is 1.33 bits per heavy atom. The molecule has 0 saturated carbocycles. The van der Waals surface area contributed by atoms with Gasteiger partial charge in [0.15, 0.2) is 0 Å². The Balaban J connectivity index is 1.61. The molecule has 1 fully saturated rings. The van der Waals surface area contributed by atoms with Crippen molar-refractivity contribution in [3.63, 3.8) is 0 Å². The second-order valence-corrected chi connectivity index (χ2v) is 7.80. The second-order valence-electron chi connectivity index (χ2n) is 7.37. The maximum Gasteiger partial charge on any atom is 0.270 e. The molecule has 0 spiro atoms. The van der Waals surface area contributed by atoms with Gasteiger partial charge >= 0.3 is 0 Å². The first-order chi connectivity index (χ1) is 12.9. The number of carbonyl (C=O) groups is 1. The summed E-state index contributed by atoms with van der Waals surface area (Å²) in [5, 5.41) is 3.85. The number of benzene rings is 1. The molecule has 0 aliphatic carbocycles. The fraction of sp³-hybridized carbons (Fsp3) is 0.450. The highest BCUT2D eigenvalue weighted by atomic mass is 35.5. The molecular weight excluding hydrogens is 362 g/mol. The molecule has 2 heterocycles. The van der Waals surface area contributed by atoms with Gasteiger partial charge < -0.3 is 11.1 Å². The number of nitrogens with zero attached hydrogens (tertiary/aromatic N) is 3. The lowest BCUT2D eigenvalue weighted by Gasteiger charge is -2.33. The van der Waals surface area contributed by atoms with Crippen LogP contribution in [0.5, 0.6) is 0 Å². The SMILES string of the molecule is CC(C)c1cc(C(=O)NC2CCCN(Cc3ccc(Cl)cc3)C2)nc(N)n1. The van der Waals surface area contributed by atoms with Crippen LogP contribution in [0.4, 0.5) is 5.95 Å². The van der Waals surface area contributed by atoms with E-state index in [1.807, 2.05) is 38.1 Å². The molecule has 1 aromatic heterocycles. The summed E-state index contributed by atoms with van der Waals surface area (Å²) in [6, 6.07) is 9.73. The maximum atomic E-state index is 12.7. The van der Waals surface area contributed by atoms with E-state index in [1.165, 1.54) is 5.56 Å². The van der Waals surface area contributed by atoms with E-state index in [0.717, 1.165) is 43.2 Å². The zero-order chi connectivity index (χ0) is 19.4. The van der Waals surface area contributed by atoms with E-state index >= 15 is 0 Å². The molecule has 1 amide bonds. The van der Waals surface area contributed by atoms with Crippen molar-refractivity contribution in [2.24, 2.45) is 0 Å². The molecule has 2 aromatic rings. The summed E-state index contributed by atoms with van der Waals surface area (Å²) >= 11 is 5.95. The normalized spacial score (nSPS) is 17.9. The van der Waals surface area contributed by atoms with E-state index in [1.54, 1.807) is 6.07 Å². The van der Waals surface area contributed by atoms with E-state index in [2.05, 4.69) is 20.2 Å². The van der Waals surface area contributed by atoms with Gasteiger partial charge in [0.2, 0.25) is 5.95 Å². The summed E-state index contributed by atoms with van der Waals surface area (Å²) in [5.41, 5.74) is 8.10. The first kappa shape index (κ1) is 19.6. The summed E-state index contributed by atoms with van der Waals surface area (Å²) in [4.78, 5) is 23.3. The van der Waals surface area contributed by atoms with E-state index in [9.17, 15) is 4.79 Å². The van der Waals surface area contributed by atoms with E-state index < -0.39 is 0 Å². The number of likely N-dealkylation sites (tertiary alicyclic amines) is 1. The molecular formula is C20H26ClN5O. The van der Waals surface area contributed by atoms with Gasteiger partial charge in [0.25, 0.3) is 5.91 Å². The molecule has 3 rings (SSSR count). The number of anilines is 1. The average molecular weight is 388 g/mol. The number of aromatic nitrogens is 2. The number of nitrogens with two attached hydrogens (primary N) is 1. The van der Waals surface area contributed by atoms with Gasteiger partial charge in [-0.2, -0.15) is 0 Å². The van der Waals surface area contributed by atoms with Crippen molar-refractivity contribution in [1.29, 1.82) is 0 Å². The summed E-state index contributed by atoms with van der Waals surface area (Å²) in [6.07, 6.45) is 2.00. The zero-order valence-corrected chi connectivity index (χ0v) is 16.5. The van der Waals surface area contributed by atoms with Gasteiger partial charge in [-0.25, -0.2) is 9.97 Å². The number of nitrogens with one attached hydrogen (secondary N) is 1. The monoisotopic (exact) mass is 387 g/mol. The van der Waals surface area contributed by atoms with Crippen molar-refractivity contribution in [3.05, 3.63) is 52.3 Å². The van der Waals surface area contributed by atoms with Crippen molar-refractivity contribution in [3.8, 4) is 0 Å². The van der Waals surface area contributed by atoms with Crippen LogP contribution in [0.3, 0.4) is 0 Å². The smallest absolute Gasteiger partial charge is 0.270 e. The third kappa shape index (κ3) is 5.40. The fourth-order valence-electron chi connectivity index (χ4n) is 3.32. The first-order valence-corrected chi connectivity index (χ1v) is 9.70. The number of hydrogen-bond donors (Lipinski definition) is 2. The third-order valence-electron chi connectivity index (χ3n) is 4.75. The highest BCUT2D eigenvalue weighted by molar-refractivity contribution is 6.30. The molecule has 3 N–H and O–H groups in total. The Kier molecular flexibility index (Phi) is 6.29. The minimum absolute atomic E-state index is 0.0947. The molecule has 1 aliphatic rings. The number of piperidine rings is 1. The van der Waals surface area contributed by atoms with Gasteiger partial charge in [-0.15, -0.1) is 0 Å². The molecule has 1 aliphatic heterocycles. The topological polar surface area (TPSA) is 84.1 Å². The lowest BCUT2D eigenvalue weighted by atomic mass is 10.0. The van der Waals surface area contributed by atoms with Crippen LogP contribution in [-0.4, -0.2) is 39.9 Å². The summed E-state index contributed by atoms with van der Waals surface area (Å²) in [5.74, 6) is 0.134. The second kappa shape index (κ2) is 8.67. The molecule has 0 bridgehead atoms. The van der Waals surface area contributed by atoms with Crippen LogP contribution < -0.4 is 11.1 Å². The van der Waals surface area contributed by atoms with Gasteiger partial charge in [0.1, 0.15) is 5.69 Å². The fourth-order valence-corrected chi connectivity index (χ4v) is 3.45. The van der Waals surface area contributed by atoms with Crippen LogP contribution in [-0.2, 0) is 6.54 Å². The summed E-state index contributed by atoms with van der Waals surface area (Å²) in [6.45, 7) is 6.71. The predicted molar refractivity (Wildman–Crippen MR) is 108 cm³/mol. The Labute approximate surface area is 165 Å². The van der Waals surface area contributed by atoms with Crippen molar-refractivity contribution < 1.29 is 4.79 Å². The van der Waals surface area contributed by atoms with Crippen molar-refractivity contribution >= 4 is 23.5 Å². The molecule has 6 nitrogen and oxygen atoms in total. The van der Waals surface area contributed by atoms with Gasteiger partial charge in [0, 0.05) is 29.8 Å². The molecule has 1 unspecified atom stereocenters. The molecule has 7 heteroatoms. The van der Waals surface area contributed by atoms with Crippen LogP contribution in [0, 0.1) is 0 Å². The molecule has 0 radical (unpaired) electrons. The largest absolute Gasteiger partial charge is 0.368 e. The van der Waals surface area contributed by atoms with Gasteiger partial charge in [-0.05, 0) is 49.1 Å². The number of halogens is 1. The van der Waals surface area contributed by atoms with E-state index in [0.29, 0.717) is 5.69 Å². The molecule has 1 aromatic carbocycles. The highest BCUT2D eigenvalue weighted by Crippen LogP contribution is 2.17. The van der Waals surface area contributed by atoms with Crippen molar-refractivity contribution in [2.45, 2.75) is 45.2 Å². The lowest BCUT2D eigenvalue weighted by Crippen LogP contribution is -2.47. The van der Waals surface area contributed by atoms with Crippen LogP contribution in [0.1, 0.15) is 54.4 Å². The standard InChI is InChI=1S/C20H26ClN5O/c1-13(2)17-10-18(25-20(22)24-17)19(27)23-16-4-3-9-26(12-16)11-14-5-7-15(21)8-6-14/h5-8,10,13,16H,3-4,9,11-12H2,1-2H3,(H,23,27)(H2,22,24,25). The number of hydrogen-bond acceptors (Lipinski definition) is 5. The van der Waals surface area contributed by atoms with Crippen LogP contribution >= 0.6 is 11.6 Å². The van der Waals surface area contributed by atoms with Crippen LogP contribution in [0.15, 0.2) is 30.3 Å². The zero-order valence-electron chi connectivity index (χ0n) is 15.8. The number of carbonyl (C=O) groups excluding carboxylic acids is 1. The third-order valence-corrected chi connectivity index (χ3v) is 5.00. The van der Waals surface area contributed by atoms with E-state index in [4.69, 9.17) is 17.3 Å². The Morgan fingerprint density at radius 3 is 2.78 bits per heavy atom. The summed E-state index contributed by atoms with van der Waals surface area (Å²) < 4.78 is 0. The minimum atomic E-state index is -0.190. The average Bonchev–Trinajstić information content (AvgIpc) is 2.63.